The van der Waals surface area contributed by atoms with Gasteiger partial charge in [-0.2, -0.15) is 0 Å². The Morgan fingerprint density at radius 3 is 2.77 bits per heavy atom. The number of nitrogens with one attached hydrogen (secondary N) is 1. The van der Waals surface area contributed by atoms with Gasteiger partial charge in [-0.1, -0.05) is 42.0 Å². The minimum atomic E-state index is 0.987. The van der Waals surface area contributed by atoms with Crippen LogP contribution in [-0.4, -0.2) is 6.21 Å². The van der Waals surface area contributed by atoms with Crippen molar-refractivity contribution in [1.82, 2.24) is 0 Å². The number of fused-ring (bicyclic) bond motifs is 1. The third kappa shape index (κ3) is 1.33. The van der Waals surface area contributed by atoms with E-state index in [9.17, 15) is 0 Å². The second kappa shape index (κ2) is 3.02. The molecule has 0 saturated heterocycles. The van der Waals surface area contributed by atoms with E-state index in [1.807, 2.05) is 12.1 Å². The molecule has 0 bridgehead atoms. The fourth-order valence-corrected chi connectivity index (χ4v) is 1.54. The fraction of sp³-hybridized carbons (Fsp3) is 0.0833. The van der Waals surface area contributed by atoms with Crippen LogP contribution in [0.4, 0.5) is 0 Å². The van der Waals surface area contributed by atoms with E-state index in [-0.39, 0.29) is 0 Å². The Kier molecular flexibility index (Phi) is 1.85. The topological polar surface area (TPSA) is 23.9 Å². The minimum Gasteiger partial charge on any atom is -0.308 e. The average Bonchev–Trinajstić information content (AvgIpc) is 2.17. The summed E-state index contributed by atoms with van der Waals surface area (Å²) in [4.78, 5) is 0. The minimum absolute atomic E-state index is 0.987. The molecule has 0 saturated carbocycles. The van der Waals surface area contributed by atoms with Gasteiger partial charge in [0.25, 0.3) is 0 Å². The van der Waals surface area contributed by atoms with Crippen molar-refractivity contribution in [2.75, 3.05) is 0 Å². The number of benzene rings is 2. The van der Waals surface area contributed by atoms with Gasteiger partial charge >= 0.3 is 0 Å². The molecule has 0 fully saturated rings. The Balaban J connectivity index is 2.86. The lowest BCUT2D eigenvalue weighted by Gasteiger charge is -2.02. The van der Waals surface area contributed by atoms with Gasteiger partial charge in [0, 0.05) is 6.21 Å². The molecule has 0 aliphatic rings. The van der Waals surface area contributed by atoms with E-state index in [0.29, 0.717) is 0 Å². The molecule has 0 atom stereocenters. The predicted molar refractivity (Wildman–Crippen MR) is 56.6 cm³/mol. The second-order valence-corrected chi connectivity index (χ2v) is 3.22. The summed E-state index contributed by atoms with van der Waals surface area (Å²) < 4.78 is 0. The maximum absolute atomic E-state index is 7.27. The van der Waals surface area contributed by atoms with Gasteiger partial charge < -0.3 is 5.41 Å². The zero-order chi connectivity index (χ0) is 9.26. The van der Waals surface area contributed by atoms with Crippen molar-refractivity contribution in [3.8, 4) is 0 Å². The van der Waals surface area contributed by atoms with Crippen molar-refractivity contribution in [3.63, 3.8) is 0 Å². The summed E-state index contributed by atoms with van der Waals surface area (Å²) in [5.74, 6) is 0. The molecule has 0 aliphatic carbocycles. The van der Waals surface area contributed by atoms with Crippen molar-refractivity contribution in [2.45, 2.75) is 6.92 Å². The third-order valence-corrected chi connectivity index (χ3v) is 2.23. The van der Waals surface area contributed by atoms with Crippen LogP contribution in [-0.2, 0) is 0 Å². The summed E-state index contributed by atoms with van der Waals surface area (Å²) >= 11 is 0. The smallest absolute Gasteiger partial charge is 0.0256 e. The average molecular weight is 169 g/mol. The molecule has 0 radical (unpaired) electrons. The molecular formula is C12H11N. The van der Waals surface area contributed by atoms with Crippen LogP contribution in [0.15, 0.2) is 36.4 Å². The molecule has 1 heteroatoms. The SMILES string of the molecule is Cc1ccc2cccc(C=N)c2c1. The van der Waals surface area contributed by atoms with E-state index in [1.54, 1.807) is 0 Å². The van der Waals surface area contributed by atoms with Gasteiger partial charge in [-0.25, -0.2) is 0 Å². The molecule has 0 heterocycles. The third-order valence-electron chi connectivity index (χ3n) is 2.23. The molecule has 64 valence electrons. The predicted octanol–water partition coefficient (Wildman–Crippen LogP) is 3.15. The van der Waals surface area contributed by atoms with Crippen molar-refractivity contribution in [1.29, 1.82) is 5.41 Å². The Labute approximate surface area is 77.5 Å². The van der Waals surface area contributed by atoms with Crippen LogP contribution >= 0.6 is 0 Å². The van der Waals surface area contributed by atoms with Gasteiger partial charge in [-0.05, 0) is 23.3 Å². The van der Waals surface area contributed by atoms with Crippen molar-refractivity contribution >= 4 is 17.0 Å². The van der Waals surface area contributed by atoms with Crippen LogP contribution < -0.4 is 0 Å². The lowest BCUT2D eigenvalue weighted by atomic mass is 10.0. The molecule has 0 aliphatic heterocycles. The molecule has 13 heavy (non-hydrogen) atoms. The molecule has 2 aromatic rings. The zero-order valence-corrected chi connectivity index (χ0v) is 7.54. The number of aryl methyl sites for hydroxylation is 1. The van der Waals surface area contributed by atoms with Gasteiger partial charge in [0.1, 0.15) is 0 Å². The van der Waals surface area contributed by atoms with E-state index in [2.05, 4.69) is 31.2 Å². The van der Waals surface area contributed by atoms with Crippen LogP contribution in [0.3, 0.4) is 0 Å². The summed E-state index contributed by atoms with van der Waals surface area (Å²) in [6, 6.07) is 12.3. The summed E-state index contributed by atoms with van der Waals surface area (Å²) in [6.07, 6.45) is 1.40. The first-order chi connectivity index (χ1) is 6.31. The highest BCUT2D eigenvalue weighted by Crippen LogP contribution is 2.18. The van der Waals surface area contributed by atoms with Crippen molar-refractivity contribution < 1.29 is 0 Å². The van der Waals surface area contributed by atoms with Crippen LogP contribution in [0.1, 0.15) is 11.1 Å². The largest absolute Gasteiger partial charge is 0.308 e. The highest BCUT2D eigenvalue weighted by molar-refractivity contribution is 5.99. The maximum atomic E-state index is 7.27. The second-order valence-electron chi connectivity index (χ2n) is 3.22. The van der Waals surface area contributed by atoms with Crippen LogP contribution in [0, 0.1) is 12.3 Å². The highest BCUT2D eigenvalue weighted by atomic mass is 14.3. The summed E-state index contributed by atoms with van der Waals surface area (Å²) in [7, 11) is 0. The summed E-state index contributed by atoms with van der Waals surface area (Å²) in [5, 5.41) is 9.64. The van der Waals surface area contributed by atoms with E-state index >= 15 is 0 Å². The lowest BCUT2D eigenvalue weighted by molar-refractivity contribution is 1.50. The first-order valence-corrected chi connectivity index (χ1v) is 4.31. The number of rotatable bonds is 1. The van der Waals surface area contributed by atoms with E-state index in [0.717, 1.165) is 10.9 Å². The van der Waals surface area contributed by atoms with E-state index < -0.39 is 0 Å². The first-order valence-electron chi connectivity index (χ1n) is 4.31. The normalized spacial score (nSPS) is 10.2. The Bertz CT molecular complexity index is 458. The quantitative estimate of drug-likeness (QED) is 0.634. The van der Waals surface area contributed by atoms with Gasteiger partial charge in [0.05, 0.1) is 0 Å². The fourth-order valence-electron chi connectivity index (χ4n) is 1.54. The zero-order valence-electron chi connectivity index (χ0n) is 7.54. The van der Waals surface area contributed by atoms with Crippen LogP contribution in [0.2, 0.25) is 0 Å². The standard InChI is InChI=1S/C12H11N/c1-9-5-6-10-3-2-4-11(8-13)12(10)7-9/h2-8,13H,1H3. The summed E-state index contributed by atoms with van der Waals surface area (Å²) in [6.45, 7) is 2.07. The van der Waals surface area contributed by atoms with Gasteiger partial charge in [0.15, 0.2) is 0 Å². The molecule has 0 aromatic heterocycles. The van der Waals surface area contributed by atoms with Crippen LogP contribution in [0.25, 0.3) is 10.8 Å². The van der Waals surface area contributed by atoms with Gasteiger partial charge in [-0.3, -0.25) is 0 Å². The molecule has 0 unspecified atom stereocenters. The summed E-state index contributed by atoms with van der Waals surface area (Å²) in [5.41, 5.74) is 2.23. The Morgan fingerprint density at radius 2 is 2.00 bits per heavy atom. The monoisotopic (exact) mass is 169 g/mol. The Morgan fingerprint density at radius 1 is 1.15 bits per heavy atom. The lowest BCUT2D eigenvalue weighted by Crippen LogP contribution is -1.83. The molecule has 0 spiro atoms. The highest BCUT2D eigenvalue weighted by Gasteiger charge is 1.97. The van der Waals surface area contributed by atoms with Gasteiger partial charge in [-0.15, -0.1) is 0 Å². The molecular weight excluding hydrogens is 158 g/mol. The molecule has 2 aromatic carbocycles. The maximum Gasteiger partial charge on any atom is 0.0256 e. The molecule has 1 nitrogen and oxygen atoms in total. The van der Waals surface area contributed by atoms with E-state index in [1.165, 1.54) is 17.2 Å². The van der Waals surface area contributed by atoms with Crippen molar-refractivity contribution in [2.24, 2.45) is 0 Å². The van der Waals surface area contributed by atoms with Crippen molar-refractivity contribution in [3.05, 3.63) is 47.5 Å². The molecule has 1 N–H and O–H groups in total. The Hall–Kier alpha value is -1.63. The molecule has 0 amide bonds. The van der Waals surface area contributed by atoms with Gasteiger partial charge in [0.2, 0.25) is 0 Å². The van der Waals surface area contributed by atoms with E-state index in [4.69, 9.17) is 5.41 Å². The van der Waals surface area contributed by atoms with Crippen LogP contribution in [0.5, 0.6) is 0 Å². The first kappa shape index (κ1) is 7.99. The number of hydrogen-bond donors (Lipinski definition) is 1. The number of hydrogen-bond acceptors (Lipinski definition) is 1. The molecule has 2 rings (SSSR count).